The van der Waals surface area contributed by atoms with Gasteiger partial charge in [0.05, 0.1) is 12.5 Å². The summed E-state index contributed by atoms with van der Waals surface area (Å²) >= 11 is 0. The average molecular weight is 320 g/mol. The van der Waals surface area contributed by atoms with Gasteiger partial charge in [-0.15, -0.1) is 0 Å². The molecule has 1 aromatic carbocycles. The Hall–Kier alpha value is -2.24. The molecule has 0 spiro atoms. The fourth-order valence-corrected chi connectivity index (χ4v) is 2.77. The third-order valence-electron chi connectivity index (χ3n) is 3.96. The molecule has 6 nitrogen and oxygen atoms in total. The van der Waals surface area contributed by atoms with Crippen molar-refractivity contribution >= 4 is 12.0 Å². The number of likely N-dealkylation sites (tertiary alicyclic amines) is 1. The first kappa shape index (κ1) is 17.1. The van der Waals surface area contributed by atoms with Crippen molar-refractivity contribution in [3.63, 3.8) is 0 Å². The summed E-state index contributed by atoms with van der Waals surface area (Å²) in [7, 11) is 0. The molecular weight excluding hydrogens is 296 g/mol. The molecule has 1 saturated heterocycles. The van der Waals surface area contributed by atoms with Gasteiger partial charge in [-0.25, -0.2) is 4.79 Å². The van der Waals surface area contributed by atoms with Gasteiger partial charge < -0.3 is 20.1 Å². The minimum absolute atomic E-state index is 0.194. The van der Waals surface area contributed by atoms with Crippen molar-refractivity contribution in [2.75, 3.05) is 26.2 Å². The maximum Gasteiger partial charge on any atom is 0.317 e. The van der Waals surface area contributed by atoms with Crippen molar-refractivity contribution in [2.24, 2.45) is 11.8 Å². The summed E-state index contributed by atoms with van der Waals surface area (Å²) in [6, 6.07) is 7.49. The Kier molecular flexibility index (Phi) is 5.84. The van der Waals surface area contributed by atoms with Gasteiger partial charge >= 0.3 is 12.0 Å². The Morgan fingerprint density at radius 1 is 1.30 bits per heavy atom. The summed E-state index contributed by atoms with van der Waals surface area (Å²) in [4.78, 5) is 24.8. The van der Waals surface area contributed by atoms with Crippen molar-refractivity contribution < 1.29 is 19.4 Å². The SMILES string of the molecule is Cc1ccc(OCCNC(=O)N2CC(C)CC(C(=O)O)C2)cc1. The predicted octanol–water partition coefficient (Wildman–Crippen LogP) is 2.13. The largest absolute Gasteiger partial charge is 0.492 e. The van der Waals surface area contributed by atoms with Crippen LogP contribution < -0.4 is 10.1 Å². The van der Waals surface area contributed by atoms with Gasteiger partial charge in [0, 0.05) is 13.1 Å². The van der Waals surface area contributed by atoms with E-state index in [2.05, 4.69) is 5.32 Å². The molecule has 0 radical (unpaired) electrons. The molecule has 6 heteroatoms. The molecule has 1 heterocycles. The highest BCUT2D eigenvalue weighted by Gasteiger charge is 2.31. The van der Waals surface area contributed by atoms with E-state index in [0.29, 0.717) is 26.1 Å². The van der Waals surface area contributed by atoms with E-state index in [1.165, 1.54) is 0 Å². The van der Waals surface area contributed by atoms with E-state index in [0.717, 1.165) is 11.3 Å². The second-order valence-corrected chi connectivity index (χ2v) is 6.17. The molecule has 2 N–H and O–H groups in total. The maximum atomic E-state index is 12.1. The molecule has 2 rings (SSSR count). The van der Waals surface area contributed by atoms with Gasteiger partial charge in [-0.1, -0.05) is 24.6 Å². The Morgan fingerprint density at radius 2 is 2.00 bits per heavy atom. The van der Waals surface area contributed by atoms with E-state index in [9.17, 15) is 9.59 Å². The van der Waals surface area contributed by atoms with Crippen LogP contribution in [-0.4, -0.2) is 48.2 Å². The van der Waals surface area contributed by atoms with Crippen molar-refractivity contribution in [1.29, 1.82) is 0 Å². The van der Waals surface area contributed by atoms with Crippen molar-refractivity contribution in [3.05, 3.63) is 29.8 Å². The van der Waals surface area contributed by atoms with E-state index in [1.54, 1.807) is 4.90 Å². The number of nitrogens with zero attached hydrogens (tertiary/aromatic N) is 1. The van der Waals surface area contributed by atoms with Crippen LogP contribution in [0.1, 0.15) is 18.9 Å². The third kappa shape index (κ3) is 5.16. The normalized spacial score (nSPS) is 20.9. The Morgan fingerprint density at radius 3 is 2.65 bits per heavy atom. The number of aliphatic carboxylic acids is 1. The van der Waals surface area contributed by atoms with Crippen molar-refractivity contribution in [2.45, 2.75) is 20.3 Å². The van der Waals surface area contributed by atoms with Gasteiger partial charge in [-0.05, 0) is 31.4 Å². The molecule has 2 amide bonds. The molecule has 23 heavy (non-hydrogen) atoms. The molecule has 1 aliphatic heterocycles. The molecule has 2 unspecified atom stereocenters. The van der Waals surface area contributed by atoms with Crippen LogP contribution in [0.5, 0.6) is 5.75 Å². The minimum Gasteiger partial charge on any atom is -0.492 e. The number of nitrogens with one attached hydrogen (secondary N) is 1. The molecule has 2 atom stereocenters. The van der Waals surface area contributed by atoms with Crippen LogP contribution in [0.25, 0.3) is 0 Å². The Labute approximate surface area is 136 Å². The molecular formula is C17H24N2O4. The lowest BCUT2D eigenvalue weighted by atomic mass is 9.91. The van der Waals surface area contributed by atoms with Crippen LogP contribution in [0, 0.1) is 18.8 Å². The van der Waals surface area contributed by atoms with E-state index >= 15 is 0 Å². The van der Waals surface area contributed by atoms with Crippen LogP contribution in [-0.2, 0) is 4.79 Å². The second-order valence-electron chi connectivity index (χ2n) is 6.17. The quantitative estimate of drug-likeness (QED) is 0.815. The van der Waals surface area contributed by atoms with Gasteiger partial charge in [0.2, 0.25) is 0 Å². The Balaban J connectivity index is 1.73. The van der Waals surface area contributed by atoms with E-state index < -0.39 is 11.9 Å². The van der Waals surface area contributed by atoms with E-state index in [-0.39, 0.29) is 18.5 Å². The van der Waals surface area contributed by atoms with E-state index in [4.69, 9.17) is 9.84 Å². The number of aryl methyl sites for hydroxylation is 1. The van der Waals surface area contributed by atoms with Crippen LogP contribution in [0.4, 0.5) is 4.79 Å². The van der Waals surface area contributed by atoms with Gasteiger partial charge in [0.15, 0.2) is 0 Å². The monoisotopic (exact) mass is 320 g/mol. The summed E-state index contributed by atoms with van der Waals surface area (Å²) in [5.74, 6) is -0.354. The number of piperidine rings is 1. The average Bonchev–Trinajstić information content (AvgIpc) is 2.52. The van der Waals surface area contributed by atoms with Crippen molar-refractivity contribution in [3.8, 4) is 5.75 Å². The predicted molar refractivity (Wildman–Crippen MR) is 86.6 cm³/mol. The lowest BCUT2D eigenvalue weighted by Gasteiger charge is -2.34. The topological polar surface area (TPSA) is 78.9 Å². The van der Waals surface area contributed by atoms with Crippen LogP contribution >= 0.6 is 0 Å². The summed E-state index contributed by atoms with van der Waals surface area (Å²) in [6.07, 6.45) is 0.621. The first-order valence-electron chi connectivity index (χ1n) is 7.90. The summed E-state index contributed by atoms with van der Waals surface area (Å²) < 4.78 is 5.55. The highest BCUT2D eigenvalue weighted by atomic mass is 16.5. The number of carboxylic acid groups (broad SMARTS) is 1. The van der Waals surface area contributed by atoms with Crippen LogP contribution in [0.2, 0.25) is 0 Å². The number of carboxylic acids is 1. The number of urea groups is 1. The first-order chi connectivity index (χ1) is 11.0. The summed E-state index contributed by atoms with van der Waals surface area (Å²) in [6.45, 7) is 5.60. The standard InChI is InChI=1S/C17H24N2O4/c1-12-3-5-15(6-4-12)23-8-7-18-17(22)19-10-13(2)9-14(11-19)16(20)21/h3-6,13-14H,7-11H2,1-2H3,(H,18,22)(H,20,21). The highest BCUT2D eigenvalue weighted by Crippen LogP contribution is 2.21. The fraction of sp³-hybridized carbons (Fsp3) is 0.529. The molecule has 1 aliphatic rings. The lowest BCUT2D eigenvalue weighted by molar-refractivity contribution is -0.143. The molecule has 1 fully saturated rings. The summed E-state index contributed by atoms with van der Waals surface area (Å²) in [5, 5.41) is 11.9. The number of ether oxygens (including phenoxy) is 1. The number of benzene rings is 1. The van der Waals surface area contributed by atoms with Gasteiger partial charge in [-0.2, -0.15) is 0 Å². The molecule has 0 aromatic heterocycles. The maximum absolute atomic E-state index is 12.1. The molecule has 0 bridgehead atoms. The zero-order chi connectivity index (χ0) is 16.8. The van der Waals surface area contributed by atoms with Crippen molar-refractivity contribution in [1.82, 2.24) is 10.2 Å². The molecule has 0 aliphatic carbocycles. The van der Waals surface area contributed by atoms with Crippen LogP contribution in [0.3, 0.4) is 0 Å². The Bertz CT molecular complexity index is 544. The zero-order valence-electron chi connectivity index (χ0n) is 13.6. The van der Waals surface area contributed by atoms with Gasteiger partial charge in [0.1, 0.15) is 12.4 Å². The van der Waals surface area contributed by atoms with E-state index in [1.807, 2.05) is 38.1 Å². The van der Waals surface area contributed by atoms with Gasteiger partial charge in [0.25, 0.3) is 0 Å². The number of carbonyl (C=O) groups is 2. The fourth-order valence-electron chi connectivity index (χ4n) is 2.77. The first-order valence-corrected chi connectivity index (χ1v) is 7.90. The number of hydrogen-bond acceptors (Lipinski definition) is 3. The summed E-state index contributed by atoms with van der Waals surface area (Å²) in [5.41, 5.74) is 1.16. The smallest absolute Gasteiger partial charge is 0.317 e. The van der Waals surface area contributed by atoms with Gasteiger partial charge in [-0.3, -0.25) is 4.79 Å². The molecule has 126 valence electrons. The highest BCUT2D eigenvalue weighted by molar-refractivity contribution is 5.76. The minimum atomic E-state index is -0.836. The number of carbonyl (C=O) groups excluding carboxylic acids is 1. The molecule has 0 saturated carbocycles. The zero-order valence-corrected chi connectivity index (χ0v) is 13.6. The number of rotatable bonds is 5. The third-order valence-corrected chi connectivity index (χ3v) is 3.96. The second kappa shape index (κ2) is 7.85. The molecule has 1 aromatic rings. The number of hydrogen-bond donors (Lipinski definition) is 2. The number of amides is 2. The van der Waals surface area contributed by atoms with Crippen LogP contribution in [0.15, 0.2) is 24.3 Å². The lowest BCUT2D eigenvalue weighted by Crippen LogP contribution is -2.50.